The number of aromatic nitrogens is 4. The highest BCUT2D eigenvalue weighted by Gasteiger charge is 2.21. The summed E-state index contributed by atoms with van der Waals surface area (Å²) in [6.07, 6.45) is 0. The van der Waals surface area contributed by atoms with E-state index in [4.69, 9.17) is 5.84 Å². The first-order valence-electron chi connectivity index (χ1n) is 9.16. The van der Waals surface area contributed by atoms with Gasteiger partial charge in [-0.1, -0.05) is 11.8 Å². The smallest absolute Gasteiger partial charge is 0.239 e. The van der Waals surface area contributed by atoms with Crippen LogP contribution >= 0.6 is 23.1 Å². The minimum absolute atomic E-state index is 0.300. The summed E-state index contributed by atoms with van der Waals surface area (Å²) in [5, 5.41) is 12.3. The molecular formula is C20H15F3N6OS2. The molecule has 0 unspecified atom stereocenters. The molecule has 0 spiro atoms. The van der Waals surface area contributed by atoms with Gasteiger partial charge in [-0.25, -0.2) is 22.8 Å². The molecular weight excluding hydrogens is 461 g/mol. The van der Waals surface area contributed by atoms with Crippen LogP contribution in [0.2, 0.25) is 0 Å². The molecule has 4 aromatic rings. The van der Waals surface area contributed by atoms with E-state index >= 15 is 0 Å². The lowest BCUT2D eigenvalue weighted by molar-refractivity contribution is -0.115. The molecule has 0 bridgehead atoms. The summed E-state index contributed by atoms with van der Waals surface area (Å²) in [7, 11) is 0. The predicted molar refractivity (Wildman–Crippen MR) is 117 cm³/mol. The molecule has 3 N–H and O–H groups in total. The Labute approximate surface area is 188 Å². The van der Waals surface area contributed by atoms with Gasteiger partial charge in [0.25, 0.3) is 0 Å². The van der Waals surface area contributed by atoms with Crippen molar-refractivity contribution in [2.45, 2.75) is 17.3 Å². The van der Waals surface area contributed by atoms with Crippen LogP contribution < -0.4 is 11.2 Å². The van der Waals surface area contributed by atoms with Crippen molar-refractivity contribution in [3.63, 3.8) is 0 Å². The molecule has 0 saturated carbocycles. The van der Waals surface area contributed by atoms with Crippen LogP contribution in [-0.4, -0.2) is 31.0 Å². The SMILES string of the molecule is C[C@H](Sc1nnc(-c2ccc(F)cc2)n1N)C(=O)Nc1nc(-c2ccc(F)c(F)c2)cs1. The van der Waals surface area contributed by atoms with Crippen LogP contribution in [0.3, 0.4) is 0 Å². The predicted octanol–water partition coefficient (Wildman–Crippen LogP) is 4.32. The van der Waals surface area contributed by atoms with Crippen molar-refractivity contribution in [1.82, 2.24) is 19.9 Å². The lowest BCUT2D eigenvalue weighted by Gasteiger charge is -2.10. The number of nitrogen functional groups attached to an aromatic ring is 1. The number of rotatable bonds is 6. The second kappa shape index (κ2) is 9.01. The highest BCUT2D eigenvalue weighted by Crippen LogP contribution is 2.28. The minimum atomic E-state index is -0.975. The van der Waals surface area contributed by atoms with E-state index in [0.29, 0.717) is 32.9 Å². The number of hydrogen-bond donors (Lipinski definition) is 2. The number of nitrogens with two attached hydrogens (primary N) is 1. The molecule has 2 heterocycles. The van der Waals surface area contributed by atoms with Crippen LogP contribution in [0.4, 0.5) is 18.3 Å². The summed E-state index contributed by atoms with van der Waals surface area (Å²) in [5.41, 5.74) is 1.39. The van der Waals surface area contributed by atoms with Crippen LogP contribution in [-0.2, 0) is 4.79 Å². The molecule has 1 amide bonds. The molecule has 164 valence electrons. The van der Waals surface area contributed by atoms with Crippen LogP contribution in [0.15, 0.2) is 53.0 Å². The summed E-state index contributed by atoms with van der Waals surface area (Å²) >= 11 is 2.24. The van der Waals surface area contributed by atoms with Gasteiger partial charge in [-0.15, -0.1) is 21.5 Å². The first-order valence-corrected chi connectivity index (χ1v) is 10.9. The van der Waals surface area contributed by atoms with Crippen LogP contribution in [0, 0.1) is 17.5 Å². The van der Waals surface area contributed by atoms with Gasteiger partial charge >= 0.3 is 0 Å². The average molecular weight is 477 g/mol. The van der Waals surface area contributed by atoms with E-state index in [0.717, 1.165) is 35.2 Å². The maximum Gasteiger partial charge on any atom is 0.239 e. The fourth-order valence-electron chi connectivity index (χ4n) is 2.69. The number of anilines is 1. The second-order valence-electron chi connectivity index (χ2n) is 6.60. The van der Waals surface area contributed by atoms with E-state index in [9.17, 15) is 18.0 Å². The highest BCUT2D eigenvalue weighted by molar-refractivity contribution is 8.00. The lowest BCUT2D eigenvalue weighted by Crippen LogP contribution is -2.23. The number of halogens is 3. The number of amides is 1. The fraction of sp³-hybridized carbons (Fsp3) is 0.100. The molecule has 4 rings (SSSR count). The Morgan fingerprint density at radius 3 is 2.53 bits per heavy atom. The Hall–Kier alpha value is -3.38. The third-order valence-electron chi connectivity index (χ3n) is 4.37. The molecule has 0 aliphatic rings. The Bertz CT molecular complexity index is 1270. The first-order chi connectivity index (χ1) is 15.3. The van der Waals surface area contributed by atoms with Crippen molar-refractivity contribution in [3.05, 3.63) is 65.3 Å². The van der Waals surface area contributed by atoms with E-state index in [2.05, 4.69) is 20.5 Å². The van der Waals surface area contributed by atoms with Gasteiger partial charge in [0.2, 0.25) is 11.1 Å². The number of thioether (sulfide) groups is 1. The molecule has 0 saturated heterocycles. The topological polar surface area (TPSA) is 98.7 Å². The van der Waals surface area contributed by atoms with Crippen LogP contribution in [0.25, 0.3) is 22.6 Å². The van der Waals surface area contributed by atoms with Crippen molar-refractivity contribution in [2.75, 3.05) is 11.2 Å². The quantitative estimate of drug-likeness (QED) is 0.318. The van der Waals surface area contributed by atoms with E-state index < -0.39 is 16.9 Å². The zero-order chi connectivity index (χ0) is 22.8. The van der Waals surface area contributed by atoms with Crippen molar-refractivity contribution in [1.29, 1.82) is 0 Å². The molecule has 1 atom stereocenters. The van der Waals surface area contributed by atoms with Crippen LogP contribution in [0.5, 0.6) is 0 Å². The van der Waals surface area contributed by atoms with Gasteiger partial charge in [0, 0.05) is 16.5 Å². The normalized spacial score (nSPS) is 12.0. The highest BCUT2D eigenvalue weighted by atomic mass is 32.2. The van der Waals surface area contributed by atoms with E-state index in [1.54, 1.807) is 12.3 Å². The van der Waals surface area contributed by atoms with Gasteiger partial charge in [0.1, 0.15) is 5.82 Å². The lowest BCUT2D eigenvalue weighted by atomic mass is 10.2. The summed E-state index contributed by atoms with van der Waals surface area (Å²) < 4.78 is 40.9. The number of thiazole rings is 1. The molecule has 0 fully saturated rings. The average Bonchev–Trinajstić information content (AvgIpc) is 3.38. The summed E-state index contributed by atoms with van der Waals surface area (Å²) in [4.78, 5) is 16.8. The summed E-state index contributed by atoms with van der Waals surface area (Å²) in [6.45, 7) is 1.66. The van der Waals surface area contributed by atoms with Crippen molar-refractivity contribution < 1.29 is 18.0 Å². The summed E-state index contributed by atoms with van der Waals surface area (Å²) in [5.74, 6) is 3.72. The molecule has 2 aromatic carbocycles. The second-order valence-corrected chi connectivity index (χ2v) is 8.77. The molecule has 12 heteroatoms. The maximum absolute atomic E-state index is 13.4. The van der Waals surface area contributed by atoms with Crippen molar-refractivity contribution in [2.24, 2.45) is 0 Å². The zero-order valence-electron chi connectivity index (χ0n) is 16.4. The van der Waals surface area contributed by atoms with E-state index in [1.807, 2.05) is 0 Å². The maximum atomic E-state index is 13.4. The van der Waals surface area contributed by atoms with Gasteiger partial charge in [-0.3, -0.25) is 4.79 Å². The largest absolute Gasteiger partial charge is 0.335 e. The van der Waals surface area contributed by atoms with Crippen molar-refractivity contribution in [3.8, 4) is 22.6 Å². The standard InChI is InChI=1S/C20H15F3N6OS2/c1-10(32-20-28-27-17(29(20)24)11-2-5-13(21)6-3-11)18(30)26-19-25-16(9-31-19)12-4-7-14(22)15(23)8-12/h2-10H,24H2,1H3,(H,25,26,30)/t10-/m0/s1. The number of nitrogens with one attached hydrogen (secondary N) is 1. The fourth-order valence-corrected chi connectivity index (χ4v) is 4.18. The van der Waals surface area contributed by atoms with E-state index in [1.165, 1.54) is 35.0 Å². The molecule has 32 heavy (non-hydrogen) atoms. The number of nitrogens with zero attached hydrogens (tertiary/aromatic N) is 4. The minimum Gasteiger partial charge on any atom is -0.335 e. The molecule has 0 radical (unpaired) electrons. The van der Waals surface area contributed by atoms with Gasteiger partial charge < -0.3 is 11.2 Å². The van der Waals surface area contributed by atoms with Gasteiger partial charge in [-0.2, -0.15) is 0 Å². The number of benzene rings is 2. The Balaban J connectivity index is 1.42. The third kappa shape index (κ3) is 4.60. The first kappa shape index (κ1) is 21.8. The number of hydrogen-bond acceptors (Lipinski definition) is 7. The number of carbonyl (C=O) groups is 1. The Morgan fingerprint density at radius 2 is 1.81 bits per heavy atom. The van der Waals surface area contributed by atoms with Crippen molar-refractivity contribution >= 4 is 34.1 Å². The van der Waals surface area contributed by atoms with Crippen LogP contribution in [0.1, 0.15) is 6.92 Å². The number of carbonyl (C=O) groups excluding carboxylic acids is 1. The molecule has 2 aromatic heterocycles. The third-order valence-corrected chi connectivity index (χ3v) is 6.18. The Kier molecular flexibility index (Phi) is 6.15. The van der Waals surface area contributed by atoms with Gasteiger partial charge in [0.05, 0.1) is 10.9 Å². The Morgan fingerprint density at radius 1 is 1.09 bits per heavy atom. The monoisotopic (exact) mass is 476 g/mol. The molecule has 0 aliphatic carbocycles. The molecule has 0 aliphatic heterocycles. The van der Waals surface area contributed by atoms with Gasteiger partial charge in [0.15, 0.2) is 22.6 Å². The van der Waals surface area contributed by atoms with Gasteiger partial charge in [-0.05, 0) is 49.4 Å². The zero-order valence-corrected chi connectivity index (χ0v) is 18.1. The summed E-state index contributed by atoms with van der Waals surface area (Å²) in [6, 6.07) is 9.10. The van der Waals surface area contributed by atoms with E-state index in [-0.39, 0.29) is 11.7 Å². The molecule has 7 nitrogen and oxygen atoms in total.